The number of fused-ring (bicyclic) bond motifs is 1. The maximum atomic E-state index is 12.5. The minimum atomic E-state index is -0.0995. The van der Waals surface area contributed by atoms with Crippen molar-refractivity contribution in [3.63, 3.8) is 0 Å². The molecule has 132 valence electrons. The van der Waals surface area contributed by atoms with Crippen molar-refractivity contribution < 1.29 is 4.74 Å². The molecule has 25 heavy (non-hydrogen) atoms. The Bertz CT molecular complexity index is 924. The highest BCUT2D eigenvalue weighted by molar-refractivity contribution is 6.31. The van der Waals surface area contributed by atoms with E-state index in [-0.39, 0.29) is 24.5 Å². The number of nitrogens with zero attached hydrogens (tertiary/aromatic N) is 1. The van der Waals surface area contributed by atoms with Crippen molar-refractivity contribution >= 4 is 34.8 Å². The van der Waals surface area contributed by atoms with E-state index >= 15 is 0 Å². The first-order valence-corrected chi connectivity index (χ1v) is 8.17. The van der Waals surface area contributed by atoms with Gasteiger partial charge < -0.3 is 15.0 Å². The van der Waals surface area contributed by atoms with Crippen LogP contribution < -0.4 is 16.0 Å². The molecule has 0 saturated carbocycles. The second kappa shape index (κ2) is 8.39. The molecule has 0 spiro atoms. The molecule has 6 heteroatoms. The van der Waals surface area contributed by atoms with E-state index in [4.69, 9.17) is 22.1 Å². The van der Waals surface area contributed by atoms with Gasteiger partial charge in [-0.3, -0.25) is 4.79 Å². The molecular weight excluding hydrogens is 359 g/mol. The maximum Gasteiger partial charge on any atom is 0.258 e. The molecule has 0 aliphatic carbocycles. The molecule has 3 aromatic rings. The molecule has 0 radical (unpaired) electrons. The van der Waals surface area contributed by atoms with Crippen molar-refractivity contribution in [2.75, 3.05) is 6.61 Å². The molecule has 0 amide bonds. The summed E-state index contributed by atoms with van der Waals surface area (Å²) in [6, 6.07) is 15.3. The lowest BCUT2D eigenvalue weighted by Crippen LogP contribution is -2.24. The molecule has 2 aromatic carbocycles. The first-order chi connectivity index (χ1) is 11.6. The lowest BCUT2D eigenvalue weighted by atomic mass is 10.1. The minimum Gasteiger partial charge on any atom is -0.491 e. The Morgan fingerprint density at radius 3 is 2.52 bits per heavy atom. The van der Waals surface area contributed by atoms with Crippen LogP contribution in [-0.2, 0) is 20.0 Å². The number of aromatic nitrogens is 1. The number of hydrogen-bond acceptors (Lipinski definition) is 3. The summed E-state index contributed by atoms with van der Waals surface area (Å²) in [6.45, 7) is 0.714. The van der Waals surface area contributed by atoms with Gasteiger partial charge in [0.1, 0.15) is 5.75 Å². The SMILES string of the molecule is Cl.Cn1c(CN)c(OCCc2ccccc2)c2cc(Cl)ccc2c1=O. The van der Waals surface area contributed by atoms with E-state index < -0.39 is 0 Å². The van der Waals surface area contributed by atoms with E-state index in [9.17, 15) is 4.79 Å². The van der Waals surface area contributed by atoms with Crippen LogP contribution >= 0.6 is 24.0 Å². The molecule has 2 N–H and O–H groups in total. The van der Waals surface area contributed by atoms with Gasteiger partial charge in [0.15, 0.2) is 0 Å². The molecule has 1 heterocycles. The zero-order valence-electron chi connectivity index (χ0n) is 13.9. The fourth-order valence-electron chi connectivity index (χ4n) is 2.81. The number of rotatable bonds is 5. The minimum absolute atomic E-state index is 0. The Kier molecular flexibility index (Phi) is 6.48. The summed E-state index contributed by atoms with van der Waals surface area (Å²) in [5.41, 5.74) is 7.62. The zero-order chi connectivity index (χ0) is 17.1. The lowest BCUT2D eigenvalue weighted by molar-refractivity contribution is 0.318. The summed E-state index contributed by atoms with van der Waals surface area (Å²) in [4.78, 5) is 12.5. The van der Waals surface area contributed by atoms with E-state index in [1.54, 1.807) is 29.8 Å². The van der Waals surface area contributed by atoms with Crippen LogP contribution in [0.4, 0.5) is 0 Å². The fraction of sp³-hybridized carbons (Fsp3) is 0.211. The van der Waals surface area contributed by atoms with E-state index in [1.165, 1.54) is 5.56 Å². The largest absolute Gasteiger partial charge is 0.491 e. The van der Waals surface area contributed by atoms with Crippen LogP contribution in [0.15, 0.2) is 53.3 Å². The van der Waals surface area contributed by atoms with Gasteiger partial charge in [-0.2, -0.15) is 0 Å². The van der Waals surface area contributed by atoms with Gasteiger partial charge in [-0.15, -0.1) is 12.4 Å². The van der Waals surface area contributed by atoms with Crippen LogP contribution in [0.25, 0.3) is 10.8 Å². The monoisotopic (exact) mass is 378 g/mol. The Balaban J connectivity index is 0.00000225. The van der Waals surface area contributed by atoms with E-state index in [0.29, 0.717) is 33.8 Å². The molecule has 0 unspecified atom stereocenters. The van der Waals surface area contributed by atoms with Crippen LogP contribution in [0.3, 0.4) is 0 Å². The van der Waals surface area contributed by atoms with Gasteiger partial charge in [-0.1, -0.05) is 41.9 Å². The number of ether oxygens (including phenoxy) is 1. The summed E-state index contributed by atoms with van der Waals surface area (Å²) < 4.78 is 7.59. The predicted molar refractivity (Wildman–Crippen MR) is 105 cm³/mol. The predicted octanol–water partition coefficient (Wildman–Crippen LogP) is 3.69. The number of halogens is 2. The van der Waals surface area contributed by atoms with Gasteiger partial charge in [-0.25, -0.2) is 0 Å². The standard InChI is InChI=1S/C19H19ClN2O2.ClH/c1-22-17(12-21)18(24-10-9-13-5-3-2-4-6-13)16-11-14(20)7-8-15(16)19(22)23;/h2-8,11H,9-10,12,21H2,1H3;1H. The van der Waals surface area contributed by atoms with E-state index in [1.807, 2.05) is 18.2 Å². The van der Waals surface area contributed by atoms with Gasteiger partial charge in [0.05, 0.1) is 17.7 Å². The smallest absolute Gasteiger partial charge is 0.258 e. The summed E-state index contributed by atoms with van der Waals surface area (Å²) in [7, 11) is 1.71. The fourth-order valence-corrected chi connectivity index (χ4v) is 2.98. The number of hydrogen-bond donors (Lipinski definition) is 1. The van der Waals surface area contributed by atoms with Crippen LogP contribution in [0.5, 0.6) is 5.75 Å². The molecule has 0 aliphatic heterocycles. The molecule has 0 fully saturated rings. The molecule has 0 bridgehead atoms. The molecule has 0 atom stereocenters. The molecular formula is C19H20Cl2N2O2. The topological polar surface area (TPSA) is 57.2 Å². The van der Waals surface area contributed by atoms with E-state index in [0.717, 1.165) is 6.42 Å². The van der Waals surface area contributed by atoms with E-state index in [2.05, 4.69) is 12.1 Å². The maximum absolute atomic E-state index is 12.5. The van der Waals surface area contributed by atoms with Gasteiger partial charge in [0.25, 0.3) is 5.56 Å². The third-order valence-electron chi connectivity index (χ3n) is 4.10. The van der Waals surface area contributed by atoms with Crippen molar-refractivity contribution in [1.82, 2.24) is 4.57 Å². The Labute approximate surface area is 157 Å². The van der Waals surface area contributed by atoms with Crippen LogP contribution in [0, 0.1) is 0 Å². The van der Waals surface area contributed by atoms with Crippen molar-refractivity contribution in [3.05, 3.63) is 75.2 Å². The Morgan fingerprint density at radius 2 is 1.84 bits per heavy atom. The normalized spacial score (nSPS) is 10.5. The highest BCUT2D eigenvalue weighted by Crippen LogP contribution is 2.29. The Morgan fingerprint density at radius 1 is 1.12 bits per heavy atom. The summed E-state index contributed by atoms with van der Waals surface area (Å²) in [5, 5.41) is 1.85. The number of nitrogens with two attached hydrogens (primary N) is 1. The number of pyridine rings is 1. The lowest BCUT2D eigenvalue weighted by Gasteiger charge is -2.17. The average molecular weight is 379 g/mol. The third kappa shape index (κ3) is 3.98. The van der Waals surface area contributed by atoms with Crippen molar-refractivity contribution in [2.45, 2.75) is 13.0 Å². The molecule has 4 nitrogen and oxygen atoms in total. The van der Waals surface area contributed by atoms with Gasteiger partial charge >= 0.3 is 0 Å². The zero-order valence-corrected chi connectivity index (χ0v) is 15.4. The molecule has 1 aromatic heterocycles. The van der Waals surface area contributed by atoms with Gasteiger partial charge in [0.2, 0.25) is 0 Å². The van der Waals surface area contributed by atoms with Crippen LogP contribution in [0.1, 0.15) is 11.3 Å². The summed E-state index contributed by atoms with van der Waals surface area (Å²) in [6.07, 6.45) is 0.774. The molecule has 0 aliphatic rings. The molecule has 0 saturated heterocycles. The van der Waals surface area contributed by atoms with Crippen molar-refractivity contribution in [1.29, 1.82) is 0 Å². The summed E-state index contributed by atoms with van der Waals surface area (Å²) in [5.74, 6) is 0.632. The quantitative estimate of drug-likeness (QED) is 0.736. The Hall–Kier alpha value is -2.01. The second-order valence-corrected chi connectivity index (χ2v) is 6.05. The third-order valence-corrected chi connectivity index (χ3v) is 4.34. The van der Waals surface area contributed by atoms with Crippen molar-refractivity contribution in [2.24, 2.45) is 12.8 Å². The van der Waals surface area contributed by atoms with Crippen LogP contribution in [-0.4, -0.2) is 11.2 Å². The highest BCUT2D eigenvalue weighted by Gasteiger charge is 2.15. The first-order valence-electron chi connectivity index (χ1n) is 7.79. The highest BCUT2D eigenvalue weighted by atomic mass is 35.5. The summed E-state index contributed by atoms with van der Waals surface area (Å²) >= 11 is 6.11. The first kappa shape index (κ1) is 19.3. The molecule has 3 rings (SSSR count). The number of benzene rings is 2. The van der Waals surface area contributed by atoms with Crippen LogP contribution in [0.2, 0.25) is 5.02 Å². The second-order valence-electron chi connectivity index (χ2n) is 5.62. The van der Waals surface area contributed by atoms with Gasteiger partial charge in [0, 0.05) is 30.4 Å². The van der Waals surface area contributed by atoms with Gasteiger partial charge in [-0.05, 0) is 23.8 Å². The average Bonchev–Trinajstić information content (AvgIpc) is 2.60. The van der Waals surface area contributed by atoms with Crippen molar-refractivity contribution in [3.8, 4) is 5.75 Å².